The van der Waals surface area contributed by atoms with Gasteiger partial charge in [-0.15, -0.1) is 0 Å². The number of rotatable bonds is 6. The average molecular weight is 385 g/mol. The molecular weight excluding hydrogens is 362 g/mol. The number of carbonyl (C=O) groups excluding carboxylic acids is 1. The van der Waals surface area contributed by atoms with Crippen LogP contribution >= 0.6 is 0 Å². The number of nitro benzene ring substituents is 1. The largest absolute Gasteiger partial charge is 0.491 e. The molecule has 1 saturated heterocycles. The quantitative estimate of drug-likeness (QED) is 0.578. The molecule has 8 heteroatoms. The van der Waals surface area contributed by atoms with E-state index in [1.54, 1.807) is 0 Å². The Morgan fingerprint density at radius 2 is 2.07 bits per heavy atom. The zero-order valence-corrected chi connectivity index (χ0v) is 15.6. The Morgan fingerprint density at radius 1 is 1.29 bits per heavy atom. The van der Waals surface area contributed by atoms with Crippen molar-refractivity contribution in [2.75, 3.05) is 25.0 Å². The fraction of sp³-hybridized carbons (Fsp3) is 0.350. The molecule has 0 aromatic heterocycles. The van der Waals surface area contributed by atoms with Crippen LogP contribution in [0.2, 0.25) is 0 Å². The van der Waals surface area contributed by atoms with Crippen LogP contribution in [0.4, 0.5) is 16.2 Å². The van der Waals surface area contributed by atoms with Crippen molar-refractivity contribution in [3.05, 3.63) is 58.1 Å². The Labute approximate surface area is 163 Å². The second-order valence-electron chi connectivity index (χ2n) is 6.79. The average Bonchev–Trinajstić information content (AvgIpc) is 2.68. The van der Waals surface area contributed by atoms with Crippen molar-refractivity contribution in [1.82, 2.24) is 5.32 Å². The second kappa shape index (κ2) is 9.18. The van der Waals surface area contributed by atoms with Crippen molar-refractivity contribution in [2.24, 2.45) is 5.92 Å². The molecule has 2 aromatic rings. The lowest BCUT2D eigenvalue weighted by Gasteiger charge is -2.23. The minimum Gasteiger partial charge on any atom is -0.491 e. The summed E-state index contributed by atoms with van der Waals surface area (Å²) in [6, 6.07) is 10.9. The molecule has 1 aliphatic heterocycles. The topological polar surface area (TPSA) is 103 Å². The van der Waals surface area contributed by atoms with Gasteiger partial charge in [-0.1, -0.05) is 6.07 Å². The van der Waals surface area contributed by atoms with E-state index in [0.29, 0.717) is 24.0 Å². The van der Waals surface area contributed by atoms with Gasteiger partial charge in [0.15, 0.2) is 0 Å². The predicted octanol–water partition coefficient (Wildman–Crippen LogP) is 3.89. The molecule has 2 aromatic carbocycles. The van der Waals surface area contributed by atoms with Crippen LogP contribution in [0.5, 0.6) is 11.5 Å². The number of benzene rings is 2. The normalized spacial score (nSPS) is 16.2. The highest BCUT2D eigenvalue weighted by molar-refractivity contribution is 5.88. The molecule has 3 rings (SSSR count). The van der Waals surface area contributed by atoms with Gasteiger partial charge < -0.3 is 14.8 Å². The monoisotopic (exact) mass is 385 g/mol. The molecule has 148 valence electrons. The molecule has 1 aliphatic rings. The van der Waals surface area contributed by atoms with Crippen LogP contribution in [0.25, 0.3) is 0 Å². The molecule has 0 aliphatic carbocycles. The third-order valence-electron chi connectivity index (χ3n) is 4.50. The first kappa shape index (κ1) is 19.6. The Morgan fingerprint density at radius 3 is 2.75 bits per heavy atom. The lowest BCUT2D eigenvalue weighted by Crippen LogP contribution is -2.33. The first-order valence-electron chi connectivity index (χ1n) is 9.19. The summed E-state index contributed by atoms with van der Waals surface area (Å²) in [6.45, 7) is 4.46. The summed E-state index contributed by atoms with van der Waals surface area (Å²) in [6.07, 6.45) is 1.56. The van der Waals surface area contributed by atoms with Gasteiger partial charge in [0, 0.05) is 24.6 Å². The van der Waals surface area contributed by atoms with Gasteiger partial charge >= 0.3 is 6.09 Å². The molecule has 0 spiro atoms. The molecule has 1 heterocycles. The number of aryl methyl sites for hydroxylation is 1. The first-order chi connectivity index (χ1) is 13.5. The summed E-state index contributed by atoms with van der Waals surface area (Å²) in [4.78, 5) is 22.4. The Bertz CT molecular complexity index is 832. The fourth-order valence-electron chi connectivity index (χ4n) is 3.02. The maximum Gasteiger partial charge on any atom is 0.417 e. The third-order valence-corrected chi connectivity index (χ3v) is 4.50. The minimum atomic E-state index is -0.691. The van der Waals surface area contributed by atoms with Gasteiger partial charge in [-0.2, -0.15) is 0 Å². The van der Waals surface area contributed by atoms with Crippen molar-refractivity contribution in [3.63, 3.8) is 0 Å². The van der Waals surface area contributed by atoms with E-state index in [0.717, 1.165) is 31.5 Å². The second-order valence-corrected chi connectivity index (χ2v) is 6.79. The molecule has 1 atom stereocenters. The van der Waals surface area contributed by atoms with Crippen LogP contribution in [-0.4, -0.2) is 30.7 Å². The van der Waals surface area contributed by atoms with Crippen LogP contribution in [0.15, 0.2) is 42.5 Å². The molecule has 8 nitrogen and oxygen atoms in total. The zero-order valence-electron chi connectivity index (χ0n) is 15.6. The van der Waals surface area contributed by atoms with E-state index in [1.165, 1.54) is 24.3 Å². The SMILES string of the molecule is Cc1ccc(OCC2CCCNC2)c(NC(=O)Oc2ccc([N+](=O)[O-])cc2)c1. The summed E-state index contributed by atoms with van der Waals surface area (Å²) in [5, 5.41) is 16.7. The van der Waals surface area contributed by atoms with E-state index in [1.807, 2.05) is 25.1 Å². The molecule has 1 amide bonds. The summed E-state index contributed by atoms with van der Waals surface area (Å²) in [5.74, 6) is 1.23. The van der Waals surface area contributed by atoms with Crippen molar-refractivity contribution >= 4 is 17.5 Å². The van der Waals surface area contributed by atoms with Crippen LogP contribution in [0.1, 0.15) is 18.4 Å². The van der Waals surface area contributed by atoms with Crippen molar-refractivity contribution < 1.29 is 19.2 Å². The fourth-order valence-corrected chi connectivity index (χ4v) is 3.02. The number of ether oxygens (including phenoxy) is 2. The van der Waals surface area contributed by atoms with E-state index < -0.39 is 11.0 Å². The highest BCUT2D eigenvalue weighted by atomic mass is 16.6. The first-order valence-corrected chi connectivity index (χ1v) is 9.19. The van der Waals surface area contributed by atoms with Gasteiger partial charge in [0.05, 0.1) is 17.2 Å². The number of hydrogen-bond donors (Lipinski definition) is 2. The number of carbonyl (C=O) groups is 1. The van der Waals surface area contributed by atoms with E-state index in [-0.39, 0.29) is 11.4 Å². The molecule has 1 fully saturated rings. The van der Waals surface area contributed by atoms with Crippen molar-refractivity contribution in [3.8, 4) is 11.5 Å². The number of hydrogen-bond acceptors (Lipinski definition) is 6. The number of nitro groups is 1. The third kappa shape index (κ3) is 5.43. The molecule has 1 unspecified atom stereocenters. The molecule has 0 saturated carbocycles. The van der Waals surface area contributed by atoms with E-state index >= 15 is 0 Å². The summed E-state index contributed by atoms with van der Waals surface area (Å²) in [5.41, 5.74) is 1.42. The summed E-state index contributed by atoms with van der Waals surface area (Å²) in [7, 11) is 0. The lowest BCUT2D eigenvalue weighted by atomic mass is 10.0. The van der Waals surface area contributed by atoms with Crippen LogP contribution in [-0.2, 0) is 0 Å². The molecule has 28 heavy (non-hydrogen) atoms. The van der Waals surface area contributed by atoms with Gasteiger partial charge in [-0.25, -0.2) is 4.79 Å². The molecule has 2 N–H and O–H groups in total. The van der Waals surface area contributed by atoms with E-state index in [4.69, 9.17) is 9.47 Å². The molecule has 0 radical (unpaired) electrons. The molecule has 0 bridgehead atoms. The van der Waals surface area contributed by atoms with Crippen molar-refractivity contribution in [1.29, 1.82) is 0 Å². The number of amides is 1. The van der Waals surface area contributed by atoms with Gasteiger partial charge in [0.25, 0.3) is 5.69 Å². The molecular formula is C20H23N3O5. The number of nitrogens with one attached hydrogen (secondary N) is 2. The van der Waals surface area contributed by atoms with Gasteiger partial charge in [-0.05, 0) is 56.1 Å². The van der Waals surface area contributed by atoms with Gasteiger partial charge in [0.1, 0.15) is 11.5 Å². The number of piperidine rings is 1. The maximum atomic E-state index is 12.2. The van der Waals surface area contributed by atoms with Crippen LogP contribution in [0.3, 0.4) is 0 Å². The Hall–Kier alpha value is -3.13. The smallest absolute Gasteiger partial charge is 0.417 e. The summed E-state index contributed by atoms with van der Waals surface area (Å²) >= 11 is 0. The standard InChI is InChI=1S/C20H23N3O5/c1-14-4-9-19(27-13-15-3-2-10-21-12-15)18(11-14)22-20(24)28-17-7-5-16(6-8-17)23(25)26/h4-9,11,15,21H,2-3,10,12-13H2,1H3,(H,22,24). The highest BCUT2D eigenvalue weighted by Gasteiger charge is 2.16. The number of nitrogens with zero attached hydrogens (tertiary/aromatic N) is 1. The number of anilines is 1. The zero-order chi connectivity index (χ0) is 19.9. The minimum absolute atomic E-state index is 0.0701. The number of non-ortho nitro benzene ring substituents is 1. The highest BCUT2D eigenvalue weighted by Crippen LogP contribution is 2.27. The van der Waals surface area contributed by atoms with Crippen LogP contribution in [0, 0.1) is 23.0 Å². The Balaban J connectivity index is 1.62. The lowest BCUT2D eigenvalue weighted by molar-refractivity contribution is -0.384. The Kier molecular flexibility index (Phi) is 6.44. The van der Waals surface area contributed by atoms with E-state index in [9.17, 15) is 14.9 Å². The predicted molar refractivity (Wildman–Crippen MR) is 105 cm³/mol. The van der Waals surface area contributed by atoms with Gasteiger partial charge in [-0.3, -0.25) is 15.4 Å². The maximum absolute atomic E-state index is 12.2. The van der Waals surface area contributed by atoms with Crippen LogP contribution < -0.4 is 20.1 Å². The van der Waals surface area contributed by atoms with Gasteiger partial charge in [0.2, 0.25) is 0 Å². The van der Waals surface area contributed by atoms with E-state index in [2.05, 4.69) is 10.6 Å². The summed E-state index contributed by atoms with van der Waals surface area (Å²) < 4.78 is 11.1. The van der Waals surface area contributed by atoms with Crippen molar-refractivity contribution in [2.45, 2.75) is 19.8 Å².